The Hall–Kier alpha value is -1.55. The Morgan fingerprint density at radius 1 is 1.09 bits per heavy atom. The van der Waals surface area contributed by atoms with E-state index in [1.165, 1.54) is 16.9 Å². The number of aliphatic hydroxyl groups is 1. The van der Waals surface area contributed by atoms with Crippen molar-refractivity contribution in [2.45, 2.75) is 63.6 Å². The standard InChI is InChI=1S/C24H35N4O4PS2/c1-6-31-33(30,32-7-2)15-20-26-23-21(35-20)22(25-19(14-29)13-16(3)4)27-24(28-23)34-17(5)18-11-9-8-10-12-18/h8-12,16-17,19,29H,6-7,13-15H2,1-5H3,(H,25,27,28)/t17-,19?/m0/s1. The third-order valence-corrected chi connectivity index (χ3v) is 9.40. The topological polar surface area (TPSA) is 106 Å². The number of aromatic nitrogens is 3. The number of benzene rings is 1. The first-order valence-electron chi connectivity index (χ1n) is 11.9. The lowest BCUT2D eigenvalue weighted by Gasteiger charge is -2.19. The Labute approximate surface area is 215 Å². The van der Waals surface area contributed by atoms with Gasteiger partial charge in [-0.3, -0.25) is 4.57 Å². The summed E-state index contributed by atoms with van der Waals surface area (Å²) in [7, 11) is -3.30. The van der Waals surface area contributed by atoms with E-state index in [0.717, 1.165) is 11.1 Å². The number of fused-ring (bicyclic) bond motifs is 1. The lowest BCUT2D eigenvalue weighted by molar-refractivity contribution is 0.219. The van der Waals surface area contributed by atoms with Crippen LogP contribution in [0.4, 0.5) is 5.82 Å². The zero-order chi connectivity index (χ0) is 25.4. The predicted molar refractivity (Wildman–Crippen MR) is 144 cm³/mol. The van der Waals surface area contributed by atoms with Gasteiger partial charge < -0.3 is 19.5 Å². The van der Waals surface area contributed by atoms with Crippen LogP contribution in [-0.2, 0) is 19.8 Å². The highest BCUT2D eigenvalue weighted by atomic mass is 32.2. The minimum absolute atomic E-state index is 0.0118. The Morgan fingerprint density at radius 2 is 1.77 bits per heavy atom. The largest absolute Gasteiger partial charge is 0.394 e. The van der Waals surface area contributed by atoms with Crippen molar-refractivity contribution in [1.29, 1.82) is 0 Å². The Kier molecular flexibility index (Phi) is 10.5. The normalized spacial score (nSPS) is 13.9. The molecule has 0 aliphatic rings. The fourth-order valence-electron chi connectivity index (χ4n) is 3.64. The van der Waals surface area contributed by atoms with E-state index in [4.69, 9.17) is 19.0 Å². The zero-order valence-corrected chi connectivity index (χ0v) is 23.5. The second-order valence-corrected chi connectivity index (χ2v) is 13.0. The average molecular weight is 539 g/mol. The van der Waals surface area contributed by atoms with Crippen molar-refractivity contribution in [2.24, 2.45) is 5.92 Å². The Bertz CT molecular complexity index is 1120. The van der Waals surface area contributed by atoms with Crippen molar-refractivity contribution in [3.8, 4) is 0 Å². The van der Waals surface area contributed by atoms with Crippen LogP contribution < -0.4 is 5.32 Å². The summed E-state index contributed by atoms with van der Waals surface area (Å²) in [5.74, 6) is 1.04. The number of nitrogens with zero attached hydrogens (tertiary/aromatic N) is 3. The summed E-state index contributed by atoms with van der Waals surface area (Å²) in [6.07, 6.45) is 0.869. The monoisotopic (exact) mass is 538 g/mol. The summed E-state index contributed by atoms with van der Waals surface area (Å²) in [5, 5.41) is 14.7. The van der Waals surface area contributed by atoms with Gasteiger partial charge in [-0.25, -0.2) is 15.0 Å². The Balaban J connectivity index is 1.98. The molecule has 2 aromatic heterocycles. The second kappa shape index (κ2) is 13.1. The summed E-state index contributed by atoms with van der Waals surface area (Å²) < 4.78 is 24.8. The average Bonchev–Trinajstić information content (AvgIpc) is 3.21. The van der Waals surface area contributed by atoms with Crippen LogP contribution in [0.1, 0.15) is 56.9 Å². The fourth-order valence-corrected chi connectivity index (χ4v) is 7.47. The molecular weight excluding hydrogens is 503 g/mol. The van der Waals surface area contributed by atoms with Crippen molar-refractivity contribution < 1.29 is 18.7 Å². The van der Waals surface area contributed by atoms with Crippen molar-refractivity contribution >= 4 is 46.9 Å². The first-order valence-corrected chi connectivity index (χ1v) is 15.3. The maximum absolute atomic E-state index is 13.1. The molecule has 0 aliphatic carbocycles. The molecule has 3 rings (SSSR count). The summed E-state index contributed by atoms with van der Waals surface area (Å²) in [5.41, 5.74) is 1.71. The minimum Gasteiger partial charge on any atom is -0.394 e. The summed E-state index contributed by atoms with van der Waals surface area (Å²) in [6, 6.07) is 10.0. The summed E-state index contributed by atoms with van der Waals surface area (Å²) >= 11 is 2.92. The molecule has 8 nitrogen and oxygen atoms in total. The molecule has 0 radical (unpaired) electrons. The molecule has 0 fully saturated rings. The molecular formula is C24H35N4O4PS2. The third kappa shape index (κ3) is 7.97. The molecule has 0 saturated carbocycles. The lowest BCUT2D eigenvalue weighted by Crippen LogP contribution is -2.26. The number of aliphatic hydroxyl groups excluding tert-OH is 1. The molecule has 0 spiro atoms. The van der Waals surface area contributed by atoms with Gasteiger partial charge in [-0.05, 0) is 38.7 Å². The van der Waals surface area contributed by atoms with Gasteiger partial charge in [0.15, 0.2) is 16.6 Å². The van der Waals surface area contributed by atoms with Crippen LogP contribution in [0.2, 0.25) is 0 Å². The van der Waals surface area contributed by atoms with Crippen molar-refractivity contribution in [2.75, 3.05) is 25.1 Å². The van der Waals surface area contributed by atoms with Gasteiger partial charge in [-0.15, -0.1) is 11.3 Å². The number of anilines is 1. The number of hydrogen-bond donors (Lipinski definition) is 2. The molecule has 2 atom stereocenters. The highest BCUT2D eigenvalue weighted by Gasteiger charge is 2.27. The fraction of sp³-hybridized carbons (Fsp3) is 0.542. The molecule has 2 heterocycles. The predicted octanol–water partition coefficient (Wildman–Crippen LogP) is 6.52. The zero-order valence-electron chi connectivity index (χ0n) is 20.9. The molecule has 1 aromatic carbocycles. The highest BCUT2D eigenvalue weighted by molar-refractivity contribution is 7.99. The van der Waals surface area contributed by atoms with Crippen LogP contribution in [-0.4, -0.2) is 45.9 Å². The van der Waals surface area contributed by atoms with E-state index < -0.39 is 7.60 Å². The number of thioether (sulfide) groups is 1. The second-order valence-electron chi connectivity index (χ2n) is 8.54. The molecule has 35 heavy (non-hydrogen) atoms. The third-order valence-electron chi connectivity index (χ3n) is 5.13. The first kappa shape index (κ1) is 28.0. The van der Waals surface area contributed by atoms with Crippen LogP contribution >= 0.6 is 30.7 Å². The molecule has 0 amide bonds. The maximum Gasteiger partial charge on any atom is 0.337 e. The summed E-state index contributed by atoms with van der Waals surface area (Å²) in [6.45, 7) is 10.5. The molecule has 2 N–H and O–H groups in total. The van der Waals surface area contributed by atoms with Gasteiger partial charge in [-0.2, -0.15) is 0 Å². The van der Waals surface area contributed by atoms with Crippen LogP contribution in [0.25, 0.3) is 10.3 Å². The van der Waals surface area contributed by atoms with Gasteiger partial charge in [0, 0.05) is 5.25 Å². The minimum atomic E-state index is -3.30. The van der Waals surface area contributed by atoms with Crippen molar-refractivity contribution in [3.05, 3.63) is 40.9 Å². The van der Waals surface area contributed by atoms with E-state index in [9.17, 15) is 9.67 Å². The number of hydrogen-bond acceptors (Lipinski definition) is 10. The number of thiazole rings is 1. The van der Waals surface area contributed by atoms with Gasteiger partial charge in [0.2, 0.25) is 0 Å². The summed E-state index contributed by atoms with van der Waals surface area (Å²) in [4.78, 5) is 14.2. The van der Waals surface area contributed by atoms with Crippen LogP contribution in [0.3, 0.4) is 0 Å². The van der Waals surface area contributed by atoms with E-state index >= 15 is 0 Å². The molecule has 11 heteroatoms. The number of rotatable bonds is 14. The van der Waals surface area contributed by atoms with Crippen LogP contribution in [0.15, 0.2) is 35.5 Å². The molecule has 1 unspecified atom stereocenters. The van der Waals surface area contributed by atoms with Gasteiger partial charge in [0.1, 0.15) is 15.9 Å². The van der Waals surface area contributed by atoms with Gasteiger partial charge in [-0.1, -0.05) is 55.9 Å². The molecule has 192 valence electrons. The van der Waals surface area contributed by atoms with E-state index in [1.807, 2.05) is 18.2 Å². The Morgan fingerprint density at radius 3 is 2.37 bits per heavy atom. The van der Waals surface area contributed by atoms with Crippen LogP contribution in [0.5, 0.6) is 0 Å². The molecule has 0 saturated heterocycles. The van der Waals surface area contributed by atoms with E-state index in [2.05, 4.69) is 43.2 Å². The van der Waals surface area contributed by atoms with Gasteiger partial charge in [0.25, 0.3) is 0 Å². The molecule has 3 aromatic rings. The van der Waals surface area contributed by atoms with Crippen LogP contribution in [0, 0.1) is 5.92 Å². The highest BCUT2D eigenvalue weighted by Crippen LogP contribution is 2.52. The quantitative estimate of drug-likeness (QED) is 0.135. The van der Waals surface area contributed by atoms with Gasteiger partial charge >= 0.3 is 7.60 Å². The first-order chi connectivity index (χ1) is 16.8. The SMILES string of the molecule is CCOP(=O)(Cc1nc2nc(S[C@@H](C)c3ccccc3)nc(NC(CO)CC(C)C)c2s1)OCC. The van der Waals surface area contributed by atoms with E-state index in [1.54, 1.807) is 25.6 Å². The van der Waals surface area contributed by atoms with E-state index in [-0.39, 0.29) is 24.1 Å². The maximum atomic E-state index is 13.1. The van der Waals surface area contributed by atoms with Crippen molar-refractivity contribution in [1.82, 2.24) is 15.0 Å². The smallest absolute Gasteiger partial charge is 0.337 e. The lowest BCUT2D eigenvalue weighted by atomic mass is 10.0. The molecule has 0 aliphatic heterocycles. The van der Waals surface area contributed by atoms with E-state index in [0.29, 0.717) is 40.8 Å². The number of nitrogens with one attached hydrogen (secondary N) is 1. The molecule has 0 bridgehead atoms. The van der Waals surface area contributed by atoms with Gasteiger partial charge in [0.05, 0.1) is 25.9 Å². The van der Waals surface area contributed by atoms with Crippen molar-refractivity contribution in [3.63, 3.8) is 0 Å².